The highest BCUT2D eigenvalue weighted by Crippen LogP contribution is 1.99. The van der Waals surface area contributed by atoms with Crippen LogP contribution in [0.4, 0.5) is 0 Å². The van der Waals surface area contributed by atoms with Gasteiger partial charge in [-0.1, -0.05) is 12.2 Å². The topological polar surface area (TPSA) is 82.7 Å². The highest BCUT2D eigenvalue weighted by molar-refractivity contribution is 5.50. The molecule has 66 valence electrons. The van der Waals surface area contributed by atoms with Gasteiger partial charge in [-0.2, -0.15) is 5.26 Å². The zero-order chi connectivity index (χ0) is 9.68. The molecule has 3 N–H and O–H groups in total. The molecule has 1 aromatic heterocycles. The first-order valence-corrected chi connectivity index (χ1v) is 3.77. The van der Waals surface area contributed by atoms with Crippen LogP contribution in [0.1, 0.15) is 11.1 Å². The van der Waals surface area contributed by atoms with E-state index in [0.717, 1.165) is 5.56 Å². The fourth-order valence-corrected chi connectivity index (χ4v) is 0.884. The van der Waals surface area contributed by atoms with Crippen LogP contribution in [0.25, 0.3) is 6.08 Å². The molecule has 0 aromatic carbocycles. The first-order valence-electron chi connectivity index (χ1n) is 3.77. The highest BCUT2D eigenvalue weighted by Gasteiger charge is 1.96. The van der Waals surface area contributed by atoms with Crippen molar-refractivity contribution >= 4 is 6.08 Å². The third kappa shape index (κ3) is 2.29. The Labute approximate surface area is 75.3 Å². The number of nitrogens with two attached hydrogens (primary N) is 1. The minimum Gasteiger partial charge on any atom is -0.327 e. The van der Waals surface area contributed by atoms with Crippen LogP contribution in [0.5, 0.6) is 0 Å². The van der Waals surface area contributed by atoms with Crippen molar-refractivity contribution in [2.45, 2.75) is 0 Å². The molecule has 0 radical (unpaired) electrons. The third-order valence-electron chi connectivity index (χ3n) is 1.49. The van der Waals surface area contributed by atoms with Crippen LogP contribution in [0, 0.1) is 11.3 Å². The molecule has 13 heavy (non-hydrogen) atoms. The van der Waals surface area contributed by atoms with Crippen molar-refractivity contribution in [2.24, 2.45) is 5.73 Å². The molecule has 0 spiro atoms. The van der Waals surface area contributed by atoms with Crippen molar-refractivity contribution in [1.82, 2.24) is 4.98 Å². The maximum absolute atomic E-state index is 10.9. The predicted octanol–water partition coefficient (Wildman–Crippen LogP) is 0.218. The molecule has 0 aliphatic heterocycles. The predicted molar refractivity (Wildman–Crippen MR) is 49.9 cm³/mol. The Morgan fingerprint density at radius 1 is 1.69 bits per heavy atom. The van der Waals surface area contributed by atoms with Gasteiger partial charge in [0.1, 0.15) is 11.6 Å². The average Bonchev–Trinajstić information content (AvgIpc) is 2.16. The van der Waals surface area contributed by atoms with Crippen molar-refractivity contribution in [3.63, 3.8) is 0 Å². The van der Waals surface area contributed by atoms with Gasteiger partial charge in [0.15, 0.2) is 0 Å². The summed E-state index contributed by atoms with van der Waals surface area (Å²) in [5.74, 6) is 0. The van der Waals surface area contributed by atoms with Crippen LogP contribution in [-0.4, -0.2) is 11.5 Å². The van der Waals surface area contributed by atoms with Gasteiger partial charge in [0, 0.05) is 12.7 Å². The summed E-state index contributed by atoms with van der Waals surface area (Å²) >= 11 is 0. The lowest BCUT2D eigenvalue weighted by molar-refractivity contribution is 1.20. The molecule has 0 aliphatic carbocycles. The van der Waals surface area contributed by atoms with E-state index in [1.807, 2.05) is 0 Å². The molecule has 0 unspecified atom stereocenters. The lowest BCUT2D eigenvalue weighted by Gasteiger charge is -1.92. The van der Waals surface area contributed by atoms with Crippen molar-refractivity contribution in [2.75, 3.05) is 6.54 Å². The van der Waals surface area contributed by atoms with Crippen LogP contribution in [-0.2, 0) is 0 Å². The van der Waals surface area contributed by atoms with E-state index < -0.39 is 0 Å². The number of nitrogens with zero attached hydrogens (tertiary/aromatic N) is 1. The molecule has 0 fully saturated rings. The Hall–Kier alpha value is -1.86. The maximum Gasteiger partial charge on any atom is 0.265 e. The van der Waals surface area contributed by atoms with Crippen LogP contribution in [0.3, 0.4) is 0 Å². The molecule has 0 aliphatic rings. The van der Waals surface area contributed by atoms with E-state index in [1.54, 1.807) is 18.2 Å². The number of H-pyrrole nitrogens is 1. The lowest BCUT2D eigenvalue weighted by Crippen LogP contribution is -2.08. The van der Waals surface area contributed by atoms with Crippen molar-refractivity contribution < 1.29 is 0 Å². The summed E-state index contributed by atoms with van der Waals surface area (Å²) in [5, 5.41) is 8.55. The molecule has 1 aromatic rings. The summed E-state index contributed by atoms with van der Waals surface area (Å²) in [4.78, 5) is 13.4. The van der Waals surface area contributed by atoms with Crippen molar-refractivity contribution in [3.05, 3.63) is 39.8 Å². The van der Waals surface area contributed by atoms with Gasteiger partial charge < -0.3 is 10.7 Å². The Morgan fingerprint density at radius 3 is 3.08 bits per heavy atom. The third-order valence-corrected chi connectivity index (χ3v) is 1.49. The molecule has 0 bridgehead atoms. The zero-order valence-electron chi connectivity index (χ0n) is 6.95. The molecule has 1 rings (SSSR count). The van der Waals surface area contributed by atoms with E-state index in [-0.39, 0.29) is 11.1 Å². The monoisotopic (exact) mass is 175 g/mol. The average molecular weight is 175 g/mol. The number of nitriles is 1. The molecular formula is C9H9N3O. The van der Waals surface area contributed by atoms with Gasteiger partial charge in [0.2, 0.25) is 0 Å². The number of aromatic nitrogens is 1. The molecule has 1 heterocycles. The van der Waals surface area contributed by atoms with Crippen molar-refractivity contribution in [3.8, 4) is 6.07 Å². The highest BCUT2D eigenvalue weighted by atomic mass is 16.1. The SMILES string of the molecule is N#Cc1cc(C=CCN)c[nH]c1=O. The van der Waals surface area contributed by atoms with Gasteiger partial charge in [-0.05, 0) is 11.6 Å². The van der Waals surface area contributed by atoms with Gasteiger partial charge in [0.25, 0.3) is 5.56 Å². The summed E-state index contributed by atoms with van der Waals surface area (Å²) in [6.45, 7) is 0.432. The summed E-state index contributed by atoms with van der Waals surface area (Å²) in [7, 11) is 0. The molecule has 0 amide bonds. The van der Waals surface area contributed by atoms with Gasteiger partial charge >= 0.3 is 0 Å². The number of pyridine rings is 1. The Kier molecular flexibility index (Phi) is 3.01. The van der Waals surface area contributed by atoms with Crippen LogP contribution in [0.2, 0.25) is 0 Å². The minimum absolute atomic E-state index is 0.110. The molecule has 4 heteroatoms. The number of nitrogens with one attached hydrogen (secondary N) is 1. The number of rotatable bonds is 2. The largest absolute Gasteiger partial charge is 0.327 e. The minimum atomic E-state index is -0.368. The summed E-state index contributed by atoms with van der Waals surface area (Å²) in [6, 6.07) is 3.32. The Balaban J connectivity index is 3.08. The van der Waals surface area contributed by atoms with Gasteiger partial charge in [-0.25, -0.2) is 0 Å². The fraction of sp³-hybridized carbons (Fsp3) is 0.111. The second kappa shape index (κ2) is 4.24. The molecule has 4 nitrogen and oxygen atoms in total. The number of aromatic amines is 1. The first-order chi connectivity index (χ1) is 6.27. The van der Waals surface area contributed by atoms with E-state index >= 15 is 0 Å². The van der Waals surface area contributed by atoms with Gasteiger partial charge in [0.05, 0.1) is 0 Å². The second-order valence-corrected chi connectivity index (χ2v) is 2.43. The zero-order valence-corrected chi connectivity index (χ0v) is 6.95. The molecule has 0 saturated heterocycles. The maximum atomic E-state index is 10.9. The standard InChI is InChI=1S/C9H9N3O/c10-3-1-2-7-4-8(5-11)9(13)12-6-7/h1-2,4,6H,3,10H2,(H,12,13). The number of hydrogen-bond acceptors (Lipinski definition) is 3. The van der Waals surface area contributed by atoms with E-state index in [0.29, 0.717) is 6.54 Å². The van der Waals surface area contributed by atoms with Crippen LogP contribution >= 0.6 is 0 Å². The molecule has 0 saturated carbocycles. The Bertz CT molecular complexity index is 412. The van der Waals surface area contributed by atoms with Crippen LogP contribution in [0.15, 0.2) is 23.1 Å². The van der Waals surface area contributed by atoms with E-state index in [2.05, 4.69) is 4.98 Å². The normalized spacial score (nSPS) is 10.2. The number of hydrogen-bond donors (Lipinski definition) is 2. The molecular weight excluding hydrogens is 166 g/mol. The summed E-state index contributed by atoms with van der Waals surface area (Å²) in [6.07, 6.45) is 5.03. The smallest absolute Gasteiger partial charge is 0.265 e. The lowest BCUT2D eigenvalue weighted by atomic mass is 10.2. The Morgan fingerprint density at radius 2 is 2.46 bits per heavy atom. The quantitative estimate of drug-likeness (QED) is 0.674. The van der Waals surface area contributed by atoms with Gasteiger partial charge in [-0.3, -0.25) is 4.79 Å². The van der Waals surface area contributed by atoms with Crippen molar-refractivity contribution in [1.29, 1.82) is 5.26 Å². The van der Waals surface area contributed by atoms with E-state index in [9.17, 15) is 4.79 Å². The second-order valence-electron chi connectivity index (χ2n) is 2.43. The van der Waals surface area contributed by atoms with E-state index in [4.69, 9.17) is 11.0 Å². The summed E-state index contributed by atoms with van der Waals surface area (Å²) in [5.41, 5.74) is 5.76. The van der Waals surface area contributed by atoms with Gasteiger partial charge in [-0.15, -0.1) is 0 Å². The fourth-order valence-electron chi connectivity index (χ4n) is 0.884. The summed E-state index contributed by atoms with van der Waals surface area (Å²) < 4.78 is 0. The molecule has 0 atom stereocenters. The van der Waals surface area contributed by atoms with Crippen LogP contribution < -0.4 is 11.3 Å². The van der Waals surface area contributed by atoms with E-state index in [1.165, 1.54) is 12.3 Å². The first kappa shape index (κ1) is 9.23.